The molecule has 1 fully saturated rings. The third kappa shape index (κ3) is 2.51. The van der Waals surface area contributed by atoms with Crippen molar-refractivity contribution in [3.63, 3.8) is 0 Å². The van der Waals surface area contributed by atoms with Crippen LogP contribution in [0.5, 0.6) is 0 Å². The first-order chi connectivity index (χ1) is 7.40. The first-order valence-electron chi connectivity index (χ1n) is 4.80. The molecule has 2 heterocycles. The van der Waals surface area contributed by atoms with Gasteiger partial charge in [0.15, 0.2) is 0 Å². The number of rotatable bonds is 5. The number of hydroxylamine groups is 1. The van der Waals surface area contributed by atoms with E-state index in [2.05, 4.69) is 21.1 Å². The first kappa shape index (κ1) is 10.1. The van der Waals surface area contributed by atoms with Crippen molar-refractivity contribution >= 4 is 6.41 Å². The molecule has 1 saturated heterocycles. The van der Waals surface area contributed by atoms with Crippen LogP contribution in [0.15, 0.2) is 12.4 Å². The minimum absolute atomic E-state index is 0.242. The quantitative estimate of drug-likeness (QED) is 0.365. The third-order valence-corrected chi connectivity index (χ3v) is 2.43. The van der Waals surface area contributed by atoms with E-state index in [0.717, 1.165) is 13.0 Å². The average Bonchev–Trinajstić information content (AvgIpc) is 2.87. The SMILES string of the molecule is O=CNOCC1CC(n2ccnn2)CN1. The van der Waals surface area contributed by atoms with E-state index < -0.39 is 0 Å². The second kappa shape index (κ2) is 4.85. The Morgan fingerprint density at radius 3 is 3.40 bits per heavy atom. The van der Waals surface area contributed by atoms with Crippen molar-refractivity contribution < 1.29 is 9.63 Å². The lowest BCUT2D eigenvalue weighted by molar-refractivity contribution is -0.121. The Labute approximate surface area is 86.7 Å². The van der Waals surface area contributed by atoms with Crippen molar-refractivity contribution in [3.8, 4) is 0 Å². The summed E-state index contributed by atoms with van der Waals surface area (Å²) in [7, 11) is 0. The summed E-state index contributed by atoms with van der Waals surface area (Å²) in [5, 5.41) is 11.0. The van der Waals surface area contributed by atoms with Gasteiger partial charge < -0.3 is 5.32 Å². The smallest absolute Gasteiger partial charge is 0.230 e. The fourth-order valence-corrected chi connectivity index (χ4v) is 1.72. The molecule has 15 heavy (non-hydrogen) atoms. The largest absolute Gasteiger partial charge is 0.309 e. The molecule has 2 unspecified atom stereocenters. The predicted octanol–water partition coefficient (Wildman–Crippen LogP) is -1.14. The summed E-state index contributed by atoms with van der Waals surface area (Å²) in [6, 6.07) is 0.559. The molecule has 2 rings (SSSR count). The Morgan fingerprint density at radius 1 is 1.73 bits per heavy atom. The van der Waals surface area contributed by atoms with Gasteiger partial charge in [0, 0.05) is 18.8 Å². The molecule has 7 heteroatoms. The maximum Gasteiger partial charge on any atom is 0.230 e. The van der Waals surface area contributed by atoms with E-state index in [4.69, 9.17) is 4.84 Å². The maximum absolute atomic E-state index is 9.95. The van der Waals surface area contributed by atoms with Gasteiger partial charge in [0.2, 0.25) is 6.41 Å². The second-order valence-corrected chi connectivity index (χ2v) is 3.42. The number of aromatic nitrogens is 3. The van der Waals surface area contributed by atoms with Crippen LogP contribution in [-0.4, -0.2) is 40.6 Å². The Bertz CT molecular complexity index is 302. The summed E-state index contributed by atoms with van der Waals surface area (Å²) in [5.74, 6) is 0. The van der Waals surface area contributed by atoms with Gasteiger partial charge in [-0.25, -0.2) is 10.2 Å². The third-order valence-electron chi connectivity index (χ3n) is 2.43. The van der Waals surface area contributed by atoms with Crippen molar-refractivity contribution in [3.05, 3.63) is 12.4 Å². The molecule has 1 aliphatic rings. The molecule has 0 aliphatic carbocycles. The van der Waals surface area contributed by atoms with E-state index in [1.165, 1.54) is 0 Å². The van der Waals surface area contributed by atoms with Gasteiger partial charge in [0.05, 0.1) is 18.8 Å². The van der Waals surface area contributed by atoms with E-state index in [1.807, 2.05) is 10.9 Å². The first-order valence-corrected chi connectivity index (χ1v) is 4.80. The monoisotopic (exact) mass is 211 g/mol. The highest BCUT2D eigenvalue weighted by Gasteiger charge is 2.25. The van der Waals surface area contributed by atoms with Crippen LogP contribution in [0.3, 0.4) is 0 Å². The van der Waals surface area contributed by atoms with Crippen LogP contribution in [0, 0.1) is 0 Å². The Hall–Kier alpha value is -1.47. The number of hydrogen-bond donors (Lipinski definition) is 2. The van der Waals surface area contributed by atoms with Gasteiger partial charge in [-0.1, -0.05) is 5.21 Å². The van der Waals surface area contributed by atoms with E-state index in [0.29, 0.717) is 19.1 Å². The van der Waals surface area contributed by atoms with Gasteiger partial charge >= 0.3 is 0 Å². The molecule has 2 atom stereocenters. The second-order valence-electron chi connectivity index (χ2n) is 3.42. The zero-order chi connectivity index (χ0) is 10.5. The van der Waals surface area contributed by atoms with Crippen LogP contribution in [-0.2, 0) is 9.63 Å². The summed E-state index contributed by atoms with van der Waals surface area (Å²) in [4.78, 5) is 14.9. The van der Waals surface area contributed by atoms with Crippen LogP contribution >= 0.6 is 0 Å². The molecule has 0 saturated carbocycles. The average molecular weight is 211 g/mol. The summed E-state index contributed by atoms with van der Waals surface area (Å²) < 4.78 is 1.83. The number of nitrogens with zero attached hydrogens (tertiary/aromatic N) is 3. The van der Waals surface area contributed by atoms with E-state index >= 15 is 0 Å². The minimum atomic E-state index is 0.242. The Balaban J connectivity index is 1.77. The Kier molecular flexibility index (Phi) is 3.25. The molecule has 2 N–H and O–H groups in total. The van der Waals surface area contributed by atoms with Crippen LogP contribution in [0.25, 0.3) is 0 Å². The van der Waals surface area contributed by atoms with Crippen molar-refractivity contribution in [1.82, 2.24) is 25.8 Å². The molecule has 82 valence electrons. The standard InChI is InChI=1S/C8H13N5O2/c14-6-11-15-5-7-3-8(4-9-7)13-2-1-10-12-13/h1-2,6-9H,3-5H2,(H,11,14). The van der Waals surface area contributed by atoms with Gasteiger partial charge in [0.1, 0.15) is 0 Å². The van der Waals surface area contributed by atoms with E-state index in [1.54, 1.807) is 6.20 Å². The van der Waals surface area contributed by atoms with Gasteiger partial charge in [-0.3, -0.25) is 9.63 Å². The van der Waals surface area contributed by atoms with Gasteiger partial charge in [0.25, 0.3) is 0 Å². The lowest BCUT2D eigenvalue weighted by Gasteiger charge is -2.09. The molecular weight excluding hydrogens is 198 g/mol. The van der Waals surface area contributed by atoms with E-state index in [9.17, 15) is 4.79 Å². The molecule has 0 spiro atoms. The number of amides is 1. The van der Waals surface area contributed by atoms with Gasteiger partial charge in [-0.05, 0) is 6.42 Å². The highest BCUT2D eigenvalue weighted by atomic mass is 16.6. The van der Waals surface area contributed by atoms with Gasteiger partial charge in [-0.15, -0.1) is 5.10 Å². The molecule has 0 bridgehead atoms. The number of carbonyl (C=O) groups is 1. The van der Waals surface area contributed by atoms with Crippen LogP contribution < -0.4 is 10.8 Å². The normalized spacial score (nSPS) is 25.3. The lowest BCUT2D eigenvalue weighted by atomic mass is 10.2. The Morgan fingerprint density at radius 2 is 2.67 bits per heavy atom. The van der Waals surface area contributed by atoms with E-state index in [-0.39, 0.29) is 6.04 Å². The van der Waals surface area contributed by atoms with Crippen molar-refractivity contribution in [2.45, 2.75) is 18.5 Å². The maximum atomic E-state index is 9.95. The fraction of sp³-hybridized carbons (Fsp3) is 0.625. The molecule has 1 amide bonds. The number of carbonyl (C=O) groups excluding carboxylic acids is 1. The summed E-state index contributed by atoms with van der Waals surface area (Å²) in [5.41, 5.74) is 2.17. The van der Waals surface area contributed by atoms with Crippen molar-refractivity contribution in [2.24, 2.45) is 0 Å². The predicted molar refractivity (Wildman–Crippen MR) is 50.6 cm³/mol. The molecule has 1 aliphatic heterocycles. The molecular formula is C8H13N5O2. The van der Waals surface area contributed by atoms with Gasteiger partial charge in [-0.2, -0.15) is 0 Å². The topological polar surface area (TPSA) is 81.1 Å². The summed E-state index contributed by atoms with van der Waals surface area (Å²) in [6.07, 6.45) is 4.95. The van der Waals surface area contributed by atoms with Crippen molar-refractivity contribution in [1.29, 1.82) is 0 Å². The zero-order valence-corrected chi connectivity index (χ0v) is 8.17. The molecule has 7 nitrogen and oxygen atoms in total. The van der Waals surface area contributed by atoms with Crippen LogP contribution in [0.2, 0.25) is 0 Å². The van der Waals surface area contributed by atoms with Crippen LogP contribution in [0.1, 0.15) is 12.5 Å². The molecule has 0 radical (unpaired) electrons. The van der Waals surface area contributed by atoms with Crippen molar-refractivity contribution in [2.75, 3.05) is 13.2 Å². The summed E-state index contributed by atoms with van der Waals surface area (Å²) >= 11 is 0. The lowest BCUT2D eigenvalue weighted by Crippen LogP contribution is -2.29. The van der Waals surface area contributed by atoms with Crippen LogP contribution in [0.4, 0.5) is 0 Å². The highest BCUT2D eigenvalue weighted by molar-refractivity contribution is 5.43. The zero-order valence-electron chi connectivity index (χ0n) is 8.17. The molecule has 0 aromatic carbocycles. The number of hydrogen-bond acceptors (Lipinski definition) is 5. The highest BCUT2D eigenvalue weighted by Crippen LogP contribution is 2.17. The minimum Gasteiger partial charge on any atom is -0.309 e. The fourth-order valence-electron chi connectivity index (χ4n) is 1.72. The molecule has 1 aromatic rings. The summed E-state index contributed by atoms with van der Waals surface area (Å²) in [6.45, 7) is 1.31. The number of nitrogens with one attached hydrogen (secondary N) is 2. The molecule has 1 aromatic heterocycles.